The fraction of sp³-hybridized carbons (Fsp3) is 0.444. The molecule has 1 fully saturated rings. The number of hydrogen-bond acceptors (Lipinski definition) is 5. The maximum Gasteiger partial charge on any atom is 0.184 e. The van der Waals surface area contributed by atoms with Crippen molar-refractivity contribution in [2.24, 2.45) is 5.92 Å². The van der Waals surface area contributed by atoms with Gasteiger partial charge in [0.25, 0.3) is 0 Å². The number of ether oxygens (including phenoxy) is 2. The molecule has 5 nitrogen and oxygen atoms in total. The molecule has 3 rings (SSSR count). The fourth-order valence-corrected chi connectivity index (χ4v) is 2.71. The van der Waals surface area contributed by atoms with E-state index in [0.717, 1.165) is 19.4 Å². The van der Waals surface area contributed by atoms with E-state index in [1.54, 1.807) is 0 Å². The standard InChI is InChI=1S/C18H19F2NO4/c19-15-2-1-3-16(20)14(15)11-24-10-13-8-17(21-25-13)18(22)5-4-12-6-7-23-9-12/h1-3,8,12H,4-7,9-11H2. The zero-order chi connectivity index (χ0) is 17.6. The molecule has 2 aromatic rings. The summed E-state index contributed by atoms with van der Waals surface area (Å²) in [6.45, 7) is 1.21. The number of carbonyl (C=O) groups excluding carboxylic acids is 1. The van der Waals surface area contributed by atoms with Gasteiger partial charge in [-0.15, -0.1) is 0 Å². The highest BCUT2D eigenvalue weighted by atomic mass is 19.1. The number of halogens is 2. The molecule has 0 spiro atoms. The average Bonchev–Trinajstić information content (AvgIpc) is 3.27. The van der Waals surface area contributed by atoms with Crippen LogP contribution in [0.5, 0.6) is 0 Å². The first kappa shape index (κ1) is 17.7. The van der Waals surface area contributed by atoms with E-state index in [1.807, 2.05) is 0 Å². The van der Waals surface area contributed by atoms with Gasteiger partial charge >= 0.3 is 0 Å². The SMILES string of the molecule is O=C(CCC1CCOC1)c1cc(COCc2c(F)cccc2F)on1. The van der Waals surface area contributed by atoms with Crippen LogP contribution in [0.4, 0.5) is 8.78 Å². The monoisotopic (exact) mass is 351 g/mol. The summed E-state index contributed by atoms with van der Waals surface area (Å²) in [4.78, 5) is 12.1. The summed E-state index contributed by atoms with van der Waals surface area (Å²) in [5.74, 6) is -0.658. The Labute approximate surface area is 143 Å². The second-order valence-electron chi connectivity index (χ2n) is 6.06. The van der Waals surface area contributed by atoms with Gasteiger partial charge in [0.1, 0.15) is 23.9 Å². The number of hydrogen-bond donors (Lipinski definition) is 0. The third-order valence-electron chi connectivity index (χ3n) is 4.20. The van der Waals surface area contributed by atoms with Crippen molar-refractivity contribution < 1.29 is 27.6 Å². The van der Waals surface area contributed by atoms with Gasteiger partial charge in [-0.05, 0) is 30.9 Å². The van der Waals surface area contributed by atoms with E-state index < -0.39 is 11.6 Å². The van der Waals surface area contributed by atoms with Gasteiger partial charge in [0.15, 0.2) is 11.5 Å². The van der Waals surface area contributed by atoms with Crippen molar-refractivity contribution in [2.75, 3.05) is 13.2 Å². The van der Waals surface area contributed by atoms with Crippen molar-refractivity contribution in [1.82, 2.24) is 5.16 Å². The molecule has 1 aromatic heterocycles. The lowest BCUT2D eigenvalue weighted by Gasteiger charge is -2.04. The van der Waals surface area contributed by atoms with Gasteiger partial charge in [-0.3, -0.25) is 4.79 Å². The number of Topliss-reactive ketones (excluding diaryl/α,β-unsaturated/α-hetero) is 1. The molecule has 134 valence electrons. The van der Waals surface area contributed by atoms with Crippen LogP contribution in [0.1, 0.15) is 41.1 Å². The van der Waals surface area contributed by atoms with E-state index in [4.69, 9.17) is 14.0 Å². The maximum absolute atomic E-state index is 13.5. The van der Waals surface area contributed by atoms with Crippen LogP contribution in [0.15, 0.2) is 28.8 Å². The van der Waals surface area contributed by atoms with E-state index in [-0.39, 0.29) is 30.3 Å². The second-order valence-corrected chi connectivity index (χ2v) is 6.06. The van der Waals surface area contributed by atoms with Gasteiger partial charge in [0.2, 0.25) is 0 Å². The molecular weight excluding hydrogens is 332 g/mol. The molecule has 1 unspecified atom stereocenters. The van der Waals surface area contributed by atoms with Crippen molar-refractivity contribution >= 4 is 5.78 Å². The summed E-state index contributed by atoms with van der Waals surface area (Å²) in [6.07, 6.45) is 2.14. The van der Waals surface area contributed by atoms with Crippen LogP contribution in [-0.4, -0.2) is 24.2 Å². The second kappa shape index (κ2) is 8.31. The van der Waals surface area contributed by atoms with Gasteiger partial charge in [0.05, 0.1) is 6.61 Å². The van der Waals surface area contributed by atoms with E-state index in [9.17, 15) is 13.6 Å². The van der Waals surface area contributed by atoms with Gasteiger partial charge in [-0.2, -0.15) is 0 Å². The molecule has 1 atom stereocenters. The van der Waals surface area contributed by atoms with Crippen LogP contribution >= 0.6 is 0 Å². The van der Waals surface area contributed by atoms with Gasteiger partial charge in [0, 0.05) is 31.3 Å². The smallest absolute Gasteiger partial charge is 0.184 e. The molecule has 1 aliphatic heterocycles. The molecule has 1 saturated heterocycles. The topological polar surface area (TPSA) is 61.6 Å². The molecule has 0 amide bonds. The van der Waals surface area contributed by atoms with E-state index in [1.165, 1.54) is 24.3 Å². The fourth-order valence-electron chi connectivity index (χ4n) is 2.71. The first-order chi connectivity index (χ1) is 12.1. The molecule has 1 aliphatic rings. The Hall–Kier alpha value is -2.12. The Kier molecular flexibility index (Phi) is 5.88. The third kappa shape index (κ3) is 4.70. The Balaban J connectivity index is 1.47. The zero-order valence-corrected chi connectivity index (χ0v) is 13.7. The number of carbonyl (C=O) groups is 1. The van der Waals surface area contributed by atoms with Crippen LogP contribution in [0.3, 0.4) is 0 Å². The van der Waals surface area contributed by atoms with Crippen molar-refractivity contribution in [3.05, 3.63) is 52.9 Å². The number of benzene rings is 1. The minimum absolute atomic E-state index is 0.0233. The largest absolute Gasteiger partial charge is 0.381 e. The summed E-state index contributed by atoms with van der Waals surface area (Å²) < 4.78 is 42.6. The van der Waals surface area contributed by atoms with Gasteiger partial charge < -0.3 is 14.0 Å². The van der Waals surface area contributed by atoms with Crippen molar-refractivity contribution in [1.29, 1.82) is 0 Å². The lowest BCUT2D eigenvalue weighted by Crippen LogP contribution is -2.05. The molecule has 0 radical (unpaired) electrons. The Morgan fingerprint density at radius 3 is 2.80 bits per heavy atom. The summed E-state index contributed by atoms with van der Waals surface area (Å²) in [5.41, 5.74) is 0.103. The summed E-state index contributed by atoms with van der Waals surface area (Å²) in [6, 6.07) is 5.14. The Morgan fingerprint density at radius 2 is 2.08 bits per heavy atom. The van der Waals surface area contributed by atoms with Crippen LogP contribution in [-0.2, 0) is 22.7 Å². The number of aromatic nitrogens is 1. The van der Waals surface area contributed by atoms with Crippen LogP contribution in [0.25, 0.3) is 0 Å². The minimum atomic E-state index is -0.663. The third-order valence-corrected chi connectivity index (χ3v) is 4.20. The molecule has 0 bridgehead atoms. The lowest BCUT2D eigenvalue weighted by molar-refractivity contribution is 0.0839. The molecular formula is C18H19F2NO4. The summed E-state index contributed by atoms with van der Waals surface area (Å²) >= 11 is 0. The quantitative estimate of drug-likeness (QED) is 0.679. The van der Waals surface area contributed by atoms with E-state index in [2.05, 4.69) is 5.16 Å². The minimum Gasteiger partial charge on any atom is -0.381 e. The molecule has 0 saturated carbocycles. The highest BCUT2D eigenvalue weighted by molar-refractivity contribution is 5.94. The molecule has 0 aliphatic carbocycles. The van der Waals surface area contributed by atoms with Gasteiger partial charge in [-0.1, -0.05) is 11.2 Å². The number of rotatable bonds is 8. The van der Waals surface area contributed by atoms with Crippen LogP contribution < -0.4 is 0 Å². The number of nitrogens with zero attached hydrogens (tertiary/aromatic N) is 1. The maximum atomic E-state index is 13.5. The van der Waals surface area contributed by atoms with Crippen LogP contribution in [0.2, 0.25) is 0 Å². The molecule has 0 N–H and O–H groups in total. The molecule has 2 heterocycles. The highest BCUT2D eigenvalue weighted by Gasteiger charge is 2.19. The molecule has 1 aromatic carbocycles. The molecule has 25 heavy (non-hydrogen) atoms. The summed E-state index contributed by atoms with van der Waals surface area (Å²) in [5, 5.41) is 3.74. The van der Waals surface area contributed by atoms with Crippen molar-refractivity contribution in [3.63, 3.8) is 0 Å². The highest BCUT2D eigenvalue weighted by Crippen LogP contribution is 2.20. The molecule has 7 heteroatoms. The average molecular weight is 351 g/mol. The summed E-state index contributed by atoms with van der Waals surface area (Å²) in [7, 11) is 0. The van der Waals surface area contributed by atoms with Crippen molar-refractivity contribution in [2.45, 2.75) is 32.5 Å². The Bertz CT molecular complexity index is 705. The first-order valence-electron chi connectivity index (χ1n) is 8.20. The predicted molar refractivity (Wildman–Crippen MR) is 83.8 cm³/mol. The Morgan fingerprint density at radius 1 is 1.28 bits per heavy atom. The lowest BCUT2D eigenvalue weighted by atomic mass is 10.00. The predicted octanol–water partition coefficient (Wildman–Crippen LogP) is 3.67. The first-order valence-corrected chi connectivity index (χ1v) is 8.20. The van der Waals surface area contributed by atoms with E-state index >= 15 is 0 Å². The number of ketones is 1. The van der Waals surface area contributed by atoms with Gasteiger partial charge in [-0.25, -0.2) is 8.78 Å². The van der Waals surface area contributed by atoms with E-state index in [0.29, 0.717) is 24.7 Å². The zero-order valence-electron chi connectivity index (χ0n) is 13.7. The van der Waals surface area contributed by atoms with Crippen LogP contribution in [0, 0.1) is 17.6 Å². The normalized spacial score (nSPS) is 17.1. The van der Waals surface area contributed by atoms with Crippen molar-refractivity contribution in [3.8, 4) is 0 Å².